The zero-order valence-corrected chi connectivity index (χ0v) is 13.5. The number of ether oxygens (including phenoxy) is 2. The van der Waals surface area contributed by atoms with E-state index < -0.39 is 11.9 Å². The van der Waals surface area contributed by atoms with Crippen LogP contribution in [-0.2, 0) is 16.0 Å². The van der Waals surface area contributed by atoms with Crippen molar-refractivity contribution in [2.45, 2.75) is 26.7 Å². The summed E-state index contributed by atoms with van der Waals surface area (Å²) in [4.78, 5) is 26.1. The molecule has 0 unspecified atom stereocenters. The second-order valence-electron chi connectivity index (χ2n) is 5.27. The van der Waals surface area contributed by atoms with Gasteiger partial charge < -0.3 is 9.47 Å². The molecule has 0 saturated carbocycles. The smallest absolute Gasteiger partial charge is 0.388 e. The van der Waals surface area contributed by atoms with Gasteiger partial charge in [0.05, 0.1) is 12.0 Å². The highest BCUT2D eigenvalue weighted by Gasteiger charge is 2.17. The second-order valence-corrected chi connectivity index (χ2v) is 5.27. The summed E-state index contributed by atoms with van der Waals surface area (Å²) in [7, 11) is 0. The minimum atomic E-state index is -0.451. The Morgan fingerprint density at radius 1 is 1.04 bits per heavy atom. The molecule has 6 nitrogen and oxygen atoms in total. The Morgan fingerprint density at radius 3 is 2.33 bits per heavy atom. The van der Waals surface area contributed by atoms with Crippen molar-refractivity contribution in [3.63, 3.8) is 0 Å². The van der Waals surface area contributed by atoms with Crippen LogP contribution in [0.5, 0.6) is 11.5 Å². The zero-order chi connectivity index (χ0) is 17.5. The van der Waals surface area contributed by atoms with E-state index in [1.807, 2.05) is 19.1 Å². The van der Waals surface area contributed by atoms with Gasteiger partial charge in [0.15, 0.2) is 4.98 Å². The maximum Gasteiger partial charge on any atom is 0.388 e. The first-order valence-corrected chi connectivity index (χ1v) is 7.41. The van der Waals surface area contributed by atoms with Gasteiger partial charge in [-0.2, -0.15) is 0 Å². The monoisotopic (exact) mass is 325 g/mol. The highest BCUT2D eigenvalue weighted by molar-refractivity contribution is 5.73. The van der Waals surface area contributed by atoms with Crippen molar-refractivity contribution in [3.8, 4) is 11.5 Å². The zero-order valence-electron chi connectivity index (χ0n) is 13.5. The molecule has 0 N–H and O–H groups in total. The van der Waals surface area contributed by atoms with Crippen LogP contribution in [0.4, 0.5) is 5.69 Å². The molecule has 0 atom stereocenters. The number of hydrogen-bond acceptors (Lipinski definition) is 5. The van der Waals surface area contributed by atoms with Crippen molar-refractivity contribution >= 4 is 17.6 Å². The van der Waals surface area contributed by atoms with Gasteiger partial charge in [0.1, 0.15) is 11.5 Å². The largest absolute Gasteiger partial charge is 0.427 e. The van der Waals surface area contributed by atoms with Gasteiger partial charge in [-0.15, -0.1) is 0 Å². The van der Waals surface area contributed by atoms with Crippen molar-refractivity contribution < 1.29 is 19.1 Å². The molecule has 2 aromatic carbocycles. The Balaban J connectivity index is 2.02. The molecule has 0 saturated heterocycles. The average molecular weight is 325 g/mol. The van der Waals surface area contributed by atoms with Crippen molar-refractivity contribution in [2.24, 2.45) is 0 Å². The van der Waals surface area contributed by atoms with Crippen LogP contribution < -0.4 is 9.47 Å². The van der Waals surface area contributed by atoms with Crippen molar-refractivity contribution in [3.05, 3.63) is 58.6 Å². The summed E-state index contributed by atoms with van der Waals surface area (Å²) in [5, 5.41) is 9.02. The van der Waals surface area contributed by atoms with E-state index in [2.05, 4.69) is 4.98 Å². The minimum Gasteiger partial charge on any atom is -0.427 e. The molecule has 0 fully saturated rings. The van der Waals surface area contributed by atoms with Gasteiger partial charge in [-0.1, -0.05) is 17.7 Å². The normalized spacial score (nSPS) is 9.88. The summed E-state index contributed by atoms with van der Waals surface area (Å²) in [6, 6.07) is 11.8. The van der Waals surface area contributed by atoms with Gasteiger partial charge in [0, 0.05) is 13.0 Å². The molecule has 122 valence electrons. The molecule has 0 heterocycles. The molecule has 0 aliphatic heterocycles. The Bertz CT molecular complexity index is 792. The number of benzene rings is 2. The molecule has 24 heavy (non-hydrogen) atoms. The first-order chi connectivity index (χ1) is 11.5. The first kappa shape index (κ1) is 17.2. The van der Waals surface area contributed by atoms with Crippen LogP contribution in [0.2, 0.25) is 0 Å². The van der Waals surface area contributed by atoms with Crippen LogP contribution in [0.3, 0.4) is 0 Å². The summed E-state index contributed by atoms with van der Waals surface area (Å²) >= 11 is 0. The number of carbonyl (C=O) groups excluding carboxylic acids is 2. The van der Waals surface area contributed by atoms with Crippen molar-refractivity contribution in [2.75, 3.05) is 0 Å². The molecule has 0 aliphatic rings. The number of aryl methyl sites for hydroxylation is 2. The number of diazo groups is 1. The summed E-state index contributed by atoms with van der Waals surface area (Å²) in [6.07, 6.45) is 0.388. The fraction of sp³-hybridized carbons (Fsp3) is 0.222. The maximum absolute atomic E-state index is 11.9. The molecule has 6 heteroatoms. The van der Waals surface area contributed by atoms with E-state index in [1.54, 1.807) is 18.2 Å². The molecule has 2 aromatic rings. The van der Waals surface area contributed by atoms with Crippen LogP contribution in [0, 0.1) is 12.3 Å². The third-order valence-electron chi connectivity index (χ3n) is 3.27. The summed E-state index contributed by atoms with van der Waals surface area (Å²) in [5.41, 5.74) is 1.97. The molecule has 0 aliphatic carbocycles. The van der Waals surface area contributed by atoms with Gasteiger partial charge in [0.25, 0.3) is 0 Å². The van der Waals surface area contributed by atoms with E-state index in [0.29, 0.717) is 29.2 Å². The lowest BCUT2D eigenvalue weighted by atomic mass is 10.1. The summed E-state index contributed by atoms with van der Waals surface area (Å²) in [6.45, 7) is 3.24. The van der Waals surface area contributed by atoms with Gasteiger partial charge in [-0.25, -0.2) is 0 Å². The maximum atomic E-state index is 11.9. The van der Waals surface area contributed by atoms with Crippen LogP contribution in [0.1, 0.15) is 24.5 Å². The van der Waals surface area contributed by atoms with E-state index in [9.17, 15) is 9.59 Å². The third-order valence-corrected chi connectivity index (χ3v) is 3.27. The number of nitrogens with zero attached hydrogens (tertiary/aromatic N) is 2. The minimum absolute atomic E-state index is 0.0971. The van der Waals surface area contributed by atoms with Crippen LogP contribution >= 0.6 is 0 Å². The van der Waals surface area contributed by atoms with E-state index in [4.69, 9.17) is 14.9 Å². The quantitative estimate of drug-likeness (QED) is 0.472. The SMILES string of the molecule is CC(=O)Oc1ccc([N+]#N)c(CCC(=O)Oc2ccc(C)cc2)c1. The fourth-order valence-electron chi connectivity index (χ4n) is 2.11. The van der Waals surface area contributed by atoms with E-state index in [-0.39, 0.29) is 6.42 Å². The molecule has 2 rings (SSSR count). The third kappa shape index (κ3) is 4.92. The standard InChI is InChI=1S/C18H17N2O4/c1-12-3-6-15(7-4-12)24-18(22)10-5-14-11-16(23-13(2)21)8-9-17(14)20-19/h3-4,6-9,11H,5,10H2,1-2H3/q+1. The molecular formula is C18H17N2O4+. The Labute approximate surface area is 139 Å². The Morgan fingerprint density at radius 2 is 1.71 bits per heavy atom. The predicted molar refractivity (Wildman–Crippen MR) is 87.6 cm³/mol. The van der Waals surface area contributed by atoms with Crippen molar-refractivity contribution in [1.29, 1.82) is 5.39 Å². The Kier molecular flexibility index (Phi) is 5.63. The fourth-order valence-corrected chi connectivity index (χ4v) is 2.11. The summed E-state index contributed by atoms with van der Waals surface area (Å²) < 4.78 is 10.2. The molecule has 0 radical (unpaired) electrons. The van der Waals surface area contributed by atoms with Crippen LogP contribution in [0.25, 0.3) is 4.98 Å². The average Bonchev–Trinajstić information content (AvgIpc) is 2.55. The number of rotatable bonds is 5. The molecular weight excluding hydrogens is 308 g/mol. The number of esters is 2. The van der Waals surface area contributed by atoms with Crippen LogP contribution in [0.15, 0.2) is 42.5 Å². The lowest BCUT2D eigenvalue weighted by Gasteiger charge is -2.05. The lowest BCUT2D eigenvalue weighted by Crippen LogP contribution is -2.09. The van der Waals surface area contributed by atoms with E-state index in [1.165, 1.54) is 19.1 Å². The highest BCUT2D eigenvalue weighted by atomic mass is 16.5. The summed E-state index contributed by atoms with van der Waals surface area (Å²) in [5.74, 6) is -0.0443. The molecule has 0 amide bonds. The predicted octanol–water partition coefficient (Wildman–Crippen LogP) is 3.94. The lowest BCUT2D eigenvalue weighted by molar-refractivity contribution is -0.134. The second kappa shape index (κ2) is 7.88. The van der Waals surface area contributed by atoms with Gasteiger partial charge in [-0.05, 0) is 37.6 Å². The van der Waals surface area contributed by atoms with Gasteiger partial charge in [0.2, 0.25) is 5.39 Å². The first-order valence-electron chi connectivity index (χ1n) is 7.41. The topological polar surface area (TPSA) is 80.8 Å². The van der Waals surface area contributed by atoms with E-state index in [0.717, 1.165) is 5.56 Å². The highest BCUT2D eigenvalue weighted by Crippen LogP contribution is 2.26. The van der Waals surface area contributed by atoms with Crippen LogP contribution in [-0.4, -0.2) is 11.9 Å². The number of carbonyl (C=O) groups is 2. The number of hydrogen-bond donors (Lipinski definition) is 0. The van der Waals surface area contributed by atoms with Gasteiger partial charge in [-0.3, -0.25) is 9.59 Å². The molecule has 0 spiro atoms. The van der Waals surface area contributed by atoms with E-state index >= 15 is 0 Å². The molecule has 0 aromatic heterocycles. The Hall–Kier alpha value is -3.20. The molecule has 0 bridgehead atoms. The van der Waals surface area contributed by atoms with Crippen molar-refractivity contribution in [1.82, 2.24) is 0 Å². The van der Waals surface area contributed by atoms with Gasteiger partial charge >= 0.3 is 17.6 Å².